The molecule has 0 spiro atoms. The van der Waals surface area contributed by atoms with Crippen LogP contribution in [0.25, 0.3) is 0 Å². The van der Waals surface area contributed by atoms with Gasteiger partial charge in [0.05, 0.1) is 5.92 Å². The lowest BCUT2D eigenvalue weighted by Crippen LogP contribution is -2.50. The molecule has 1 aromatic heterocycles. The average molecular weight is 288 g/mol. The Labute approximate surface area is 126 Å². The SMILES string of the molecule is C[C@@H]1CNC[C@H]1C(=O)N1CCN(Cc2ccncc2)CC1. The summed E-state index contributed by atoms with van der Waals surface area (Å²) in [7, 11) is 0. The van der Waals surface area contributed by atoms with Crippen molar-refractivity contribution in [3.8, 4) is 0 Å². The van der Waals surface area contributed by atoms with Crippen molar-refractivity contribution in [3.05, 3.63) is 30.1 Å². The van der Waals surface area contributed by atoms with E-state index in [0.717, 1.165) is 45.8 Å². The summed E-state index contributed by atoms with van der Waals surface area (Å²) in [5.41, 5.74) is 1.29. The van der Waals surface area contributed by atoms with Gasteiger partial charge in [-0.15, -0.1) is 0 Å². The number of nitrogens with one attached hydrogen (secondary N) is 1. The second kappa shape index (κ2) is 6.54. The Hall–Kier alpha value is -1.46. The van der Waals surface area contributed by atoms with E-state index in [-0.39, 0.29) is 5.92 Å². The lowest BCUT2D eigenvalue weighted by Gasteiger charge is -2.36. The van der Waals surface area contributed by atoms with Crippen LogP contribution in [-0.4, -0.2) is 60.0 Å². The molecule has 5 nitrogen and oxygen atoms in total. The van der Waals surface area contributed by atoms with Gasteiger partial charge in [0, 0.05) is 51.7 Å². The van der Waals surface area contributed by atoms with Crippen LogP contribution >= 0.6 is 0 Å². The maximum absolute atomic E-state index is 12.5. The third kappa shape index (κ3) is 3.41. The highest BCUT2D eigenvalue weighted by Crippen LogP contribution is 2.19. The monoisotopic (exact) mass is 288 g/mol. The van der Waals surface area contributed by atoms with E-state index in [2.05, 4.69) is 39.2 Å². The van der Waals surface area contributed by atoms with Crippen molar-refractivity contribution in [1.29, 1.82) is 0 Å². The van der Waals surface area contributed by atoms with Gasteiger partial charge in [-0.25, -0.2) is 0 Å². The van der Waals surface area contributed by atoms with Crippen molar-refractivity contribution in [1.82, 2.24) is 20.1 Å². The minimum absolute atomic E-state index is 0.178. The lowest BCUT2D eigenvalue weighted by molar-refractivity contribution is -0.137. The van der Waals surface area contributed by atoms with Crippen molar-refractivity contribution in [3.63, 3.8) is 0 Å². The molecule has 0 unspecified atom stereocenters. The molecule has 0 bridgehead atoms. The fourth-order valence-corrected chi connectivity index (χ4v) is 3.25. The number of hydrogen-bond donors (Lipinski definition) is 1. The molecule has 0 aliphatic carbocycles. The molecule has 1 amide bonds. The van der Waals surface area contributed by atoms with E-state index in [9.17, 15) is 4.79 Å². The normalized spacial score (nSPS) is 27.0. The molecule has 1 N–H and O–H groups in total. The van der Waals surface area contributed by atoms with Crippen molar-refractivity contribution >= 4 is 5.91 Å². The van der Waals surface area contributed by atoms with Crippen LogP contribution in [0, 0.1) is 11.8 Å². The summed E-state index contributed by atoms with van der Waals surface area (Å²) in [5, 5.41) is 3.32. The Morgan fingerprint density at radius 3 is 2.57 bits per heavy atom. The highest BCUT2D eigenvalue weighted by Gasteiger charge is 2.33. The van der Waals surface area contributed by atoms with Crippen molar-refractivity contribution in [2.45, 2.75) is 13.5 Å². The maximum atomic E-state index is 12.5. The van der Waals surface area contributed by atoms with Gasteiger partial charge in [-0.1, -0.05) is 6.92 Å². The van der Waals surface area contributed by atoms with E-state index in [1.54, 1.807) is 0 Å². The predicted octanol–water partition coefficient (Wildman–Crippen LogP) is 0.581. The summed E-state index contributed by atoms with van der Waals surface area (Å²) < 4.78 is 0. The van der Waals surface area contributed by atoms with Gasteiger partial charge < -0.3 is 10.2 Å². The largest absolute Gasteiger partial charge is 0.340 e. The summed E-state index contributed by atoms with van der Waals surface area (Å²) in [6.07, 6.45) is 3.67. The first-order chi connectivity index (χ1) is 10.2. The smallest absolute Gasteiger partial charge is 0.227 e. The third-order valence-corrected chi connectivity index (χ3v) is 4.67. The van der Waals surface area contributed by atoms with Gasteiger partial charge >= 0.3 is 0 Å². The topological polar surface area (TPSA) is 48.5 Å². The average Bonchev–Trinajstić information content (AvgIpc) is 2.94. The van der Waals surface area contributed by atoms with Crippen LogP contribution in [0.3, 0.4) is 0 Å². The Morgan fingerprint density at radius 1 is 1.24 bits per heavy atom. The Bertz CT molecular complexity index is 470. The minimum Gasteiger partial charge on any atom is -0.340 e. The van der Waals surface area contributed by atoms with Gasteiger partial charge in [-0.05, 0) is 30.2 Å². The van der Waals surface area contributed by atoms with Crippen molar-refractivity contribution < 1.29 is 4.79 Å². The molecule has 1 aromatic rings. The molecule has 3 rings (SSSR count). The molecule has 0 saturated carbocycles. The van der Waals surface area contributed by atoms with E-state index in [0.29, 0.717) is 11.8 Å². The van der Waals surface area contributed by atoms with Gasteiger partial charge in [0.25, 0.3) is 0 Å². The van der Waals surface area contributed by atoms with E-state index >= 15 is 0 Å². The number of carbonyl (C=O) groups is 1. The fraction of sp³-hybridized carbons (Fsp3) is 0.625. The minimum atomic E-state index is 0.178. The fourth-order valence-electron chi connectivity index (χ4n) is 3.25. The molecule has 5 heteroatoms. The highest BCUT2D eigenvalue weighted by atomic mass is 16.2. The summed E-state index contributed by atoms with van der Waals surface area (Å²) in [4.78, 5) is 21.0. The van der Waals surface area contributed by atoms with E-state index < -0.39 is 0 Å². The number of rotatable bonds is 3. The zero-order valence-corrected chi connectivity index (χ0v) is 12.7. The van der Waals surface area contributed by atoms with Gasteiger partial charge in [0.2, 0.25) is 5.91 Å². The van der Waals surface area contributed by atoms with Crippen LogP contribution in [-0.2, 0) is 11.3 Å². The second-order valence-corrected chi connectivity index (χ2v) is 6.20. The van der Waals surface area contributed by atoms with E-state index in [1.807, 2.05) is 12.4 Å². The molecule has 2 fully saturated rings. The number of pyridine rings is 1. The van der Waals surface area contributed by atoms with Crippen molar-refractivity contribution in [2.24, 2.45) is 11.8 Å². The molecule has 3 heterocycles. The molecule has 21 heavy (non-hydrogen) atoms. The van der Waals surface area contributed by atoms with Gasteiger partial charge in [-0.3, -0.25) is 14.7 Å². The van der Waals surface area contributed by atoms with Crippen LogP contribution in [0.1, 0.15) is 12.5 Å². The number of carbonyl (C=O) groups excluding carboxylic acids is 1. The van der Waals surface area contributed by atoms with E-state index in [1.165, 1.54) is 5.56 Å². The number of piperazine rings is 1. The highest BCUT2D eigenvalue weighted by molar-refractivity contribution is 5.79. The quantitative estimate of drug-likeness (QED) is 0.884. The summed E-state index contributed by atoms with van der Waals surface area (Å²) in [6, 6.07) is 4.12. The van der Waals surface area contributed by atoms with E-state index in [4.69, 9.17) is 0 Å². The standard InChI is InChI=1S/C16H24N4O/c1-13-10-18-11-15(13)16(21)20-8-6-19(7-9-20)12-14-2-4-17-5-3-14/h2-5,13,15,18H,6-12H2,1H3/t13-,15-/m1/s1. The predicted molar refractivity (Wildman–Crippen MR) is 81.6 cm³/mol. The molecular formula is C16H24N4O. The van der Waals surface area contributed by atoms with Crippen LogP contribution in [0.5, 0.6) is 0 Å². The molecular weight excluding hydrogens is 264 g/mol. The zero-order chi connectivity index (χ0) is 14.7. The molecule has 2 atom stereocenters. The second-order valence-electron chi connectivity index (χ2n) is 6.20. The first kappa shape index (κ1) is 14.5. The Morgan fingerprint density at radius 2 is 1.95 bits per heavy atom. The van der Waals surface area contributed by atoms with Gasteiger partial charge in [0.1, 0.15) is 0 Å². The number of amides is 1. The first-order valence-electron chi connectivity index (χ1n) is 7.85. The molecule has 2 aliphatic heterocycles. The van der Waals surface area contributed by atoms with Crippen LogP contribution < -0.4 is 5.32 Å². The third-order valence-electron chi connectivity index (χ3n) is 4.67. The van der Waals surface area contributed by atoms with Crippen LogP contribution in [0.2, 0.25) is 0 Å². The molecule has 0 radical (unpaired) electrons. The van der Waals surface area contributed by atoms with Crippen molar-refractivity contribution in [2.75, 3.05) is 39.3 Å². The summed E-state index contributed by atoms with van der Waals surface area (Å²) in [6.45, 7) is 8.56. The molecule has 0 aromatic carbocycles. The Balaban J connectivity index is 1.50. The molecule has 2 saturated heterocycles. The molecule has 114 valence electrons. The van der Waals surface area contributed by atoms with Crippen LogP contribution in [0.4, 0.5) is 0 Å². The summed E-state index contributed by atoms with van der Waals surface area (Å²) >= 11 is 0. The van der Waals surface area contributed by atoms with Gasteiger partial charge in [0.15, 0.2) is 0 Å². The number of hydrogen-bond acceptors (Lipinski definition) is 4. The summed E-state index contributed by atoms with van der Waals surface area (Å²) in [5.74, 6) is 0.986. The Kier molecular flexibility index (Phi) is 4.51. The van der Waals surface area contributed by atoms with Crippen LogP contribution in [0.15, 0.2) is 24.5 Å². The molecule has 2 aliphatic rings. The van der Waals surface area contributed by atoms with Gasteiger partial charge in [-0.2, -0.15) is 0 Å². The first-order valence-corrected chi connectivity index (χ1v) is 7.85. The number of aromatic nitrogens is 1. The lowest BCUT2D eigenvalue weighted by atomic mass is 9.96. The number of nitrogens with zero attached hydrogens (tertiary/aromatic N) is 3. The zero-order valence-electron chi connectivity index (χ0n) is 12.7. The maximum Gasteiger partial charge on any atom is 0.227 e.